The van der Waals surface area contributed by atoms with E-state index in [1.165, 1.54) is 16.9 Å². The molecule has 5 nitrogen and oxygen atoms in total. The summed E-state index contributed by atoms with van der Waals surface area (Å²) in [6.07, 6.45) is 0. The number of hydrogen-bond donors (Lipinski definition) is 1. The molecule has 3 aromatic rings. The molecule has 0 fully saturated rings. The SMILES string of the molecule is Cc1ccc(-c2nc(C(=O)Nc3ccc4c(c3)OCO4)cs2)cc1. The first kappa shape index (κ1) is 14.7. The van der Waals surface area contributed by atoms with Crippen molar-refractivity contribution >= 4 is 22.9 Å². The van der Waals surface area contributed by atoms with Gasteiger partial charge in [0, 0.05) is 22.7 Å². The Hall–Kier alpha value is -2.86. The quantitative estimate of drug-likeness (QED) is 0.781. The molecule has 0 radical (unpaired) electrons. The highest BCUT2D eigenvalue weighted by Gasteiger charge is 2.16. The lowest BCUT2D eigenvalue weighted by Crippen LogP contribution is -2.12. The number of benzene rings is 2. The van der Waals surface area contributed by atoms with Gasteiger partial charge in [-0.05, 0) is 19.1 Å². The summed E-state index contributed by atoms with van der Waals surface area (Å²) >= 11 is 1.45. The van der Waals surface area contributed by atoms with Gasteiger partial charge in [-0.2, -0.15) is 0 Å². The number of aryl methyl sites for hydroxylation is 1. The van der Waals surface area contributed by atoms with E-state index in [-0.39, 0.29) is 12.7 Å². The summed E-state index contributed by atoms with van der Waals surface area (Å²) in [5, 5.41) is 5.42. The summed E-state index contributed by atoms with van der Waals surface area (Å²) in [6, 6.07) is 13.4. The monoisotopic (exact) mass is 338 g/mol. The van der Waals surface area contributed by atoms with Crippen molar-refractivity contribution in [2.45, 2.75) is 6.92 Å². The van der Waals surface area contributed by atoms with Gasteiger partial charge in [-0.3, -0.25) is 4.79 Å². The van der Waals surface area contributed by atoms with Crippen LogP contribution in [0.25, 0.3) is 10.6 Å². The molecule has 0 atom stereocenters. The van der Waals surface area contributed by atoms with Crippen LogP contribution in [0.4, 0.5) is 5.69 Å². The Morgan fingerprint density at radius 1 is 1.12 bits per heavy atom. The van der Waals surface area contributed by atoms with E-state index >= 15 is 0 Å². The predicted molar refractivity (Wildman–Crippen MR) is 92.8 cm³/mol. The number of fused-ring (bicyclic) bond motifs is 1. The smallest absolute Gasteiger partial charge is 0.275 e. The molecule has 4 rings (SSSR count). The number of aromatic nitrogens is 1. The molecule has 2 heterocycles. The van der Waals surface area contributed by atoms with E-state index in [0.717, 1.165) is 10.6 Å². The standard InChI is InChI=1S/C18H14N2O3S/c1-11-2-4-12(5-3-11)18-20-14(9-24-18)17(21)19-13-6-7-15-16(8-13)23-10-22-15/h2-9H,10H2,1H3,(H,19,21). The Morgan fingerprint density at radius 2 is 1.92 bits per heavy atom. The lowest BCUT2D eigenvalue weighted by molar-refractivity contribution is 0.102. The second-order valence-electron chi connectivity index (χ2n) is 5.43. The maximum absolute atomic E-state index is 12.4. The van der Waals surface area contributed by atoms with Crippen LogP contribution in [0.15, 0.2) is 47.8 Å². The number of ether oxygens (including phenoxy) is 2. The molecule has 120 valence electrons. The summed E-state index contributed by atoms with van der Waals surface area (Å²) < 4.78 is 10.6. The van der Waals surface area contributed by atoms with Crippen LogP contribution in [0, 0.1) is 6.92 Å². The predicted octanol–water partition coefficient (Wildman–Crippen LogP) is 4.10. The van der Waals surface area contributed by atoms with Gasteiger partial charge in [0.15, 0.2) is 11.5 Å². The maximum Gasteiger partial charge on any atom is 0.275 e. The van der Waals surface area contributed by atoms with Crippen LogP contribution in [-0.4, -0.2) is 17.7 Å². The average molecular weight is 338 g/mol. The Kier molecular flexibility index (Phi) is 3.66. The molecule has 24 heavy (non-hydrogen) atoms. The topological polar surface area (TPSA) is 60.5 Å². The van der Waals surface area contributed by atoms with Crippen LogP contribution >= 0.6 is 11.3 Å². The highest BCUT2D eigenvalue weighted by Crippen LogP contribution is 2.34. The zero-order chi connectivity index (χ0) is 16.5. The minimum absolute atomic E-state index is 0.207. The zero-order valence-electron chi connectivity index (χ0n) is 12.9. The highest BCUT2D eigenvalue weighted by molar-refractivity contribution is 7.13. The summed E-state index contributed by atoms with van der Waals surface area (Å²) in [4.78, 5) is 16.8. The molecule has 1 N–H and O–H groups in total. The first-order valence-corrected chi connectivity index (χ1v) is 8.30. The largest absolute Gasteiger partial charge is 0.454 e. The number of carbonyl (C=O) groups excluding carboxylic acids is 1. The normalized spacial score (nSPS) is 12.2. The zero-order valence-corrected chi connectivity index (χ0v) is 13.7. The Bertz CT molecular complexity index is 903. The van der Waals surface area contributed by atoms with E-state index in [1.807, 2.05) is 31.2 Å². The van der Waals surface area contributed by atoms with Crippen LogP contribution in [0.1, 0.15) is 16.1 Å². The van der Waals surface area contributed by atoms with Crippen molar-refractivity contribution in [3.63, 3.8) is 0 Å². The van der Waals surface area contributed by atoms with Crippen molar-refractivity contribution in [2.24, 2.45) is 0 Å². The summed E-state index contributed by atoms with van der Waals surface area (Å²) in [6.45, 7) is 2.24. The van der Waals surface area contributed by atoms with Crippen LogP contribution in [-0.2, 0) is 0 Å². The molecular weight excluding hydrogens is 324 g/mol. The molecule has 1 aliphatic rings. The summed E-state index contributed by atoms with van der Waals surface area (Å²) in [5.74, 6) is 1.07. The number of hydrogen-bond acceptors (Lipinski definition) is 5. The van der Waals surface area contributed by atoms with Gasteiger partial charge in [0.2, 0.25) is 6.79 Å². The molecular formula is C18H14N2O3S. The highest BCUT2D eigenvalue weighted by atomic mass is 32.1. The molecule has 1 aromatic heterocycles. The van der Waals surface area contributed by atoms with Gasteiger partial charge in [0.25, 0.3) is 5.91 Å². The Labute approximate surface area is 142 Å². The number of anilines is 1. The molecule has 0 bridgehead atoms. The third kappa shape index (κ3) is 2.83. The number of nitrogens with zero attached hydrogens (tertiary/aromatic N) is 1. The molecule has 2 aromatic carbocycles. The second-order valence-corrected chi connectivity index (χ2v) is 6.28. The number of carbonyl (C=O) groups is 1. The molecule has 0 spiro atoms. The van der Waals surface area contributed by atoms with Gasteiger partial charge in [0.05, 0.1) is 0 Å². The molecule has 1 amide bonds. The molecule has 0 unspecified atom stereocenters. The van der Waals surface area contributed by atoms with Gasteiger partial charge in [0.1, 0.15) is 10.7 Å². The van der Waals surface area contributed by atoms with Gasteiger partial charge >= 0.3 is 0 Å². The first-order valence-electron chi connectivity index (χ1n) is 7.42. The van der Waals surface area contributed by atoms with E-state index in [2.05, 4.69) is 10.3 Å². The molecule has 0 saturated carbocycles. The van der Waals surface area contributed by atoms with Gasteiger partial charge in [-0.15, -0.1) is 11.3 Å². The van der Waals surface area contributed by atoms with Gasteiger partial charge < -0.3 is 14.8 Å². The van der Waals surface area contributed by atoms with E-state index in [0.29, 0.717) is 22.9 Å². The van der Waals surface area contributed by atoms with Gasteiger partial charge in [-0.25, -0.2) is 4.98 Å². The number of thiazole rings is 1. The lowest BCUT2D eigenvalue weighted by atomic mass is 10.2. The Morgan fingerprint density at radius 3 is 2.75 bits per heavy atom. The van der Waals surface area contributed by atoms with Crippen LogP contribution in [0.3, 0.4) is 0 Å². The molecule has 0 aliphatic carbocycles. The summed E-state index contributed by atoms with van der Waals surface area (Å²) in [7, 11) is 0. The van der Waals surface area contributed by atoms with Crippen LogP contribution in [0.2, 0.25) is 0 Å². The van der Waals surface area contributed by atoms with Crippen molar-refractivity contribution in [1.82, 2.24) is 4.98 Å². The van der Waals surface area contributed by atoms with E-state index in [4.69, 9.17) is 9.47 Å². The first-order chi connectivity index (χ1) is 11.7. The van der Waals surface area contributed by atoms with Gasteiger partial charge in [-0.1, -0.05) is 29.8 Å². The molecule has 6 heteroatoms. The van der Waals surface area contributed by atoms with Crippen molar-refractivity contribution in [3.8, 4) is 22.1 Å². The van der Waals surface area contributed by atoms with Crippen molar-refractivity contribution in [3.05, 3.63) is 59.1 Å². The fraction of sp³-hybridized carbons (Fsp3) is 0.111. The molecule has 0 saturated heterocycles. The van der Waals surface area contributed by atoms with Crippen LogP contribution < -0.4 is 14.8 Å². The third-order valence-electron chi connectivity index (χ3n) is 3.67. The fourth-order valence-electron chi connectivity index (χ4n) is 2.38. The maximum atomic E-state index is 12.4. The van der Waals surface area contributed by atoms with E-state index in [9.17, 15) is 4.79 Å². The number of amides is 1. The number of rotatable bonds is 3. The van der Waals surface area contributed by atoms with E-state index in [1.54, 1.807) is 23.6 Å². The lowest BCUT2D eigenvalue weighted by Gasteiger charge is -2.04. The summed E-state index contributed by atoms with van der Waals surface area (Å²) in [5.41, 5.74) is 3.24. The van der Waals surface area contributed by atoms with Crippen molar-refractivity contribution in [2.75, 3.05) is 12.1 Å². The minimum atomic E-state index is -0.247. The van der Waals surface area contributed by atoms with Crippen molar-refractivity contribution in [1.29, 1.82) is 0 Å². The second kappa shape index (κ2) is 5.98. The van der Waals surface area contributed by atoms with Crippen LogP contribution in [0.5, 0.6) is 11.5 Å². The van der Waals surface area contributed by atoms with E-state index < -0.39 is 0 Å². The molecule has 1 aliphatic heterocycles. The minimum Gasteiger partial charge on any atom is -0.454 e. The third-order valence-corrected chi connectivity index (χ3v) is 4.56. The fourth-order valence-corrected chi connectivity index (χ4v) is 3.18. The Balaban J connectivity index is 1.52. The average Bonchev–Trinajstić information content (AvgIpc) is 3.24. The van der Waals surface area contributed by atoms with Crippen molar-refractivity contribution < 1.29 is 14.3 Å². The number of nitrogens with one attached hydrogen (secondary N) is 1.